The molecule has 1 atom stereocenters. The molecule has 0 bridgehead atoms. The normalized spacial score (nSPS) is 19.8. The van der Waals surface area contributed by atoms with E-state index in [0.717, 1.165) is 35.8 Å². The summed E-state index contributed by atoms with van der Waals surface area (Å²) in [7, 11) is 1.65. The Hall–Kier alpha value is -2.70. The van der Waals surface area contributed by atoms with Gasteiger partial charge < -0.3 is 26.8 Å². The number of methoxy groups -OCH3 is 1. The van der Waals surface area contributed by atoms with Gasteiger partial charge in [0, 0.05) is 5.56 Å². The summed E-state index contributed by atoms with van der Waals surface area (Å²) in [5, 5.41) is 11.9. The number of benzene rings is 3. The zero-order chi connectivity index (χ0) is 20.0. The van der Waals surface area contributed by atoms with Crippen LogP contribution in [0.3, 0.4) is 0 Å². The van der Waals surface area contributed by atoms with E-state index < -0.39 is 5.72 Å². The fourth-order valence-corrected chi connectivity index (χ4v) is 4.43. The van der Waals surface area contributed by atoms with Gasteiger partial charge in [-0.25, -0.2) is 9.29 Å². The van der Waals surface area contributed by atoms with Gasteiger partial charge in [-0.1, -0.05) is 18.2 Å². The maximum absolute atomic E-state index is 13.6. The Morgan fingerprint density at radius 2 is 1.67 bits per heavy atom. The van der Waals surface area contributed by atoms with Crippen molar-refractivity contribution >= 4 is 17.2 Å². The molecule has 0 spiro atoms. The number of β-amino-alcohol motifs (C(OH)–C–C–N with tert-alkyl or cyclic N) is 1. The van der Waals surface area contributed by atoms with E-state index in [-0.39, 0.29) is 22.8 Å². The van der Waals surface area contributed by atoms with Gasteiger partial charge in [-0.15, -0.1) is 0 Å². The molecule has 0 saturated heterocycles. The molecule has 5 rings (SSSR count). The maximum atomic E-state index is 13.6. The number of aryl methyl sites for hydroxylation is 1. The molecule has 0 radical (unpaired) electrons. The van der Waals surface area contributed by atoms with Crippen molar-refractivity contribution in [1.82, 2.24) is 0 Å². The smallest absolute Gasteiger partial charge is 0.275 e. The summed E-state index contributed by atoms with van der Waals surface area (Å²) in [5.74, 6) is 1.52. The summed E-state index contributed by atoms with van der Waals surface area (Å²) in [4.78, 5) is 2.15. The Labute approximate surface area is 185 Å². The van der Waals surface area contributed by atoms with Crippen molar-refractivity contribution in [2.24, 2.45) is 0 Å². The summed E-state index contributed by atoms with van der Waals surface area (Å²) < 4.78 is 20.9. The molecule has 2 aliphatic heterocycles. The molecule has 3 aromatic carbocycles. The third-order valence-electron chi connectivity index (χ3n) is 5.86. The molecule has 1 unspecified atom stereocenters. The van der Waals surface area contributed by atoms with Gasteiger partial charge in [-0.3, -0.25) is 0 Å². The fraction of sp³-hybridized carbons (Fsp3) is 0.208. The number of aliphatic hydroxyl groups is 1. The average Bonchev–Trinajstić information content (AvgIpc) is 3.08. The van der Waals surface area contributed by atoms with Crippen molar-refractivity contribution in [2.45, 2.75) is 18.6 Å². The lowest BCUT2D eigenvalue weighted by Crippen LogP contribution is -3.00. The number of anilines is 1. The molecule has 3 aromatic rings. The van der Waals surface area contributed by atoms with Crippen molar-refractivity contribution in [1.29, 1.82) is 0 Å². The van der Waals surface area contributed by atoms with Crippen LogP contribution in [-0.4, -0.2) is 29.2 Å². The van der Waals surface area contributed by atoms with Crippen LogP contribution in [0.25, 0.3) is 0 Å². The van der Waals surface area contributed by atoms with Crippen LogP contribution in [0.2, 0.25) is 0 Å². The molecule has 0 fully saturated rings. The summed E-state index contributed by atoms with van der Waals surface area (Å²) in [6.45, 7) is 0.356. The van der Waals surface area contributed by atoms with Crippen LogP contribution < -0.4 is 26.6 Å². The van der Waals surface area contributed by atoms with E-state index in [2.05, 4.69) is 11.0 Å². The minimum absolute atomic E-state index is 0. The minimum Gasteiger partial charge on any atom is -1.00 e. The van der Waals surface area contributed by atoms with Crippen LogP contribution in [0, 0.1) is 5.82 Å². The molecule has 30 heavy (non-hydrogen) atoms. The fourth-order valence-electron chi connectivity index (χ4n) is 4.43. The number of para-hydroxylation sites is 1. The maximum Gasteiger partial charge on any atom is 0.275 e. The Bertz CT molecular complexity index is 1100. The molecule has 0 saturated carbocycles. The first-order valence-corrected chi connectivity index (χ1v) is 9.74. The molecule has 6 heteroatoms. The van der Waals surface area contributed by atoms with E-state index in [0.29, 0.717) is 12.1 Å². The number of fused-ring (bicyclic) bond motifs is 2. The third-order valence-corrected chi connectivity index (χ3v) is 5.86. The van der Waals surface area contributed by atoms with Crippen molar-refractivity contribution in [3.05, 3.63) is 89.7 Å². The van der Waals surface area contributed by atoms with Crippen molar-refractivity contribution in [3.63, 3.8) is 0 Å². The number of halogens is 2. The number of hydrogen-bond donors (Lipinski definition) is 1. The van der Waals surface area contributed by atoms with Crippen molar-refractivity contribution < 1.29 is 35.8 Å². The third kappa shape index (κ3) is 3.20. The Morgan fingerprint density at radius 1 is 0.967 bits per heavy atom. The molecule has 154 valence electrons. The summed E-state index contributed by atoms with van der Waals surface area (Å²) in [6.07, 6.45) is 1.72. The lowest BCUT2D eigenvalue weighted by molar-refractivity contribution is -0.594. The second-order valence-electron chi connectivity index (χ2n) is 7.49. The van der Waals surface area contributed by atoms with Crippen molar-refractivity contribution in [3.8, 4) is 5.75 Å². The highest BCUT2D eigenvalue weighted by molar-refractivity contribution is 5.97. The largest absolute Gasteiger partial charge is 1.00 e. The molecule has 2 aliphatic rings. The first kappa shape index (κ1) is 20.6. The number of hydrogen-bond acceptors (Lipinski definition) is 3. The van der Waals surface area contributed by atoms with Gasteiger partial charge >= 0.3 is 0 Å². The molecular weight excluding hydrogens is 447 g/mol. The standard InChI is InChI=1S/C24H22FN2O2.BrH/c1-29-21-13-11-20(12-14-21)26-16-24(28,18-7-9-19(25)10-8-18)27-22-5-3-2-4-17(22)6-15-23(26)27;/h2-5,7-14,28H,6,15-16H2,1H3;1H/q+1;/p-1. The number of rotatable bonds is 3. The molecule has 4 nitrogen and oxygen atoms in total. The number of amidine groups is 1. The predicted molar refractivity (Wildman–Crippen MR) is 110 cm³/mol. The van der Waals surface area contributed by atoms with E-state index in [1.165, 1.54) is 17.7 Å². The Kier molecular flexibility index (Phi) is 5.38. The lowest BCUT2D eigenvalue weighted by atomic mass is 9.98. The average molecular weight is 469 g/mol. The van der Waals surface area contributed by atoms with Gasteiger partial charge in [0.2, 0.25) is 0 Å². The van der Waals surface area contributed by atoms with Gasteiger partial charge in [0.1, 0.15) is 22.9 Å². The molecule has 1 N–H and O–H groups in total. The second kappa shape index (κ2) is 7.85. The van der Waals surface area contributed by atoms with Crippen LogP contribution in [0.1, 0.15) is 17.5 Å². The van der Waals surface area contributed by atoms with Crippen LogP contribution in [0.5, 0.6) is 5.75 Å². The monoisotopic (exact) mass is 468 g/mol. The summed E-state index contributed by atoms with van der Waals surface area (Å²) >= 11 is 0. The highest BCUT2D eigenvalue weighted by atomic mass is 79.9. The molecular formula is C24H22BrFN2O2. The van der Waals surface area contributed by atoms with Crippen LogP contribution in [0.15, 0.2) is 72.8 Å². The topological polar surface area (TPSA) is 35.7 Å². The quantitative estimate of drug-likeness (QED) is 0.586. The number of nitrogens with zero attached hydrogens (tertiary/aromatic N) is 2. The van der Waals surface area contributed by atoms with Gasteiger partial charge in [-0.2, -0.15) is 4.58 Å². The second-order valence-corrected chi connectivity index (χ2v) is 7.49. The highest BCUT2D eigenvalue weighted by Gasteiger charge is 2.54. The Balaban J connectivity index is 0.00000218. The number of ether oxygens (including phenoxy) is 1. The van der Waals surface area contributed by atoms with E-state index in [9.17, 15) is 9.50 Å². The Morgan fingerprint density at radius 3 is 2.37 bits per heavy atom. The molecule has 0 amide bonds. The molecule has 0 aliphatic carbocycles. The van der Waals surface area contributed by atoms with Gasteiger partial charge in [0.05, 0.1) is 13.5 Å². The van der Waals surface area contributed by atoms with E-state index in [1.54, 1.807) is 19.2 Å². The molecule has 2 heterocycles. The van der Waals surface area contributed by atoms with Gasteiger partial charge in [0.15, 0.2) is 6.54 Å². The van der Waals surface area contributed by atoms with Gasteiger partial charge in [-0.05, 0) is 66.6 Å². The van der Waals surface area contributed by atoms with E-state index >= 15 is 0 Å². The van der Waals surface area contributed by atoms with Crippen LogP contribution in [0.4, 0.5) is 15.8 Å². The van der Waals surface area contributed by atoms with Crippen LogP contribution >= 0.6 is 0 Å². The first-order chi connectivity index (χ1) is 14.1. The first-order valence-electron chi connectivity index (χ1n) is 9.74. The molecule has 0 aromatic heterocycles. The zero-order valence-electron chi connectivity index (χ0n) is 16.6. The van der Waals surface area contributed by atoms with E-state index in [1.807, 2.05) is 47.0 Å². The lowest BCUT2D eigenvalue weighted by Gasteiger charge is -2.25. The van der Waals surface area contributed by atoms with Gasteiger partial charge in [0.25, 0.3) is 11.6 Å². The highest BCUT2D eigenvalue weighted by Crippen LogP contribution is 2.42. The zero-order valence-corrected chi connectivity index (χ0v) is 18.1. The van der Waals surface area contributed by atoms with Crippen molar-refractivity contribution in [2.75, 3.05) is 18.6 Å². The van der Waals surface area contributed by atoms with E-state index in [4.69, 9.17) is 4.74 Å². The summed E-state index contributed by atoms with van der Waals surface area (Å²) in [6, 6.07) is 22.1. The summed E-state index contributed by atoms with van der Waals surface area (Å²) in [5.41, 5.74) is 2.57. The minimum atomic E-state index is -1.29. The SMILES string of the molecule is COc1ccc(N2CC(O)(c3ccc(F)cc3)[N+]3=C2CCc2ccccc23)cc1.[Br-]. The predicted octanol–water partition coefficient (Wildman–Crippen LogP) is 1.19. The van der Waals surface area contributed by atoms with Crippen LogP contribution in [-0.2, 0) is 12.1 Å².